The molecule has 0 saturated heterocycles. The summed E-state index contributed by atoms with van der Waals surface area (Å²) in [7, 11) is 1.48. The molecule has 0 unspecified atom stereocenters. The van der Waals surface area contributed by atoms with E-state index in [1.165, 1.54) is 26.4 Å². The van der Waals surface area contributed by atoms with E-state index in [2.05, 4.69) is 0 Å². The van der Waals surface area contributed by atoms with Crippen LogP contribution in [-0.4, -0.2) is 7.11 Å². The molecule has 0 bridgehead atoms. The average molecular weight is 237 g/mol. The average Bonchev–Trinajstić information content (AvgIpc) is 2.39. The highest BCUT2D eigenvalue weighted by Crippen LogP contribution is 2.35. The second-order valence-corrected chi connectivity index (χ2v) is 4.79. The monoisotopic (exact) mass is 237 g/mol. The maximum atomic E-state index is 14.1. The van der Waals surface area contributed by atoms with Crippen LogP contribution in [0.4, 0.5) is 4.39 Å². The quantitative estimate of drug-likeness (QED) is 0.874. The molecule has 0 heterocycles. The van der Waals surface area contributed by atoms with Gasteiger partial charge in [0.25, 0.3) is 0 Å². The van der Waals surface area contributed by atoms with E-state index in [-0.39, 0.29) is 17.6 Å². The van der Waals surface area contributed by atoms with Crippen molar-refractivity contribution in [1.29, 1.82) is 0 Å². The Morgan fingerprint density at radius 1 is 1.29 bits per heavy atom. The molecule has 1 aliphatic carbocycles. The van der Waals surface area contributed by atoms with Crippen molar-refractivity contribution in [3.05, 3.63) is 29.6 Å². The van der Waals surface area contributed by atoms with E-state index in [0.29, 0.717) is 11.5 Å². The van der Waals surface area contributed by atoms with E-state index < -0.39 is 0 Å². The molecule has 2 N–H and O–H groups in total. The van der Waals surface area contributed by atoms with Gasteiger partial charge in [0.2, 0.25) is 0 Å². The number of ether oxygens (including phenoxy) is 1. The van der Waals surface area contributed by atoms with E-state index in [1.807, 2.05) is 0 Å². The summed E-state index contributed by atoms with van der Waals surface area (Å²) in [6.07, 6.45) is 5.92. The van der Waals surface area contributed by atoms with Crippen LogP contribution in [-0.2, 0) is 0 Å². The van der Waals surface area contributed by atoms with Crippen molar-refractivity contribution in [2.24, 2.45) is 11.7 Å². The first-order valence-corrected chi connectivity index (χ1v) is 6.32. The molecule has 1 saturated carbocycles. The molecule has 2 nitrogen and oxygen atoms in total. The van der Waals surface area contributed by atoms with Crippen LogP contribution in [0.1, 0.15) is 43.7 Å². The highest BCUT2D eigenvalue weighted by atomic mass is 19.1. The molecule has 1 aliphatic rings. The lowest BCUT2D eigenvalue weighted by atomic mass is 9.81. The van der Waals surface area contributed by atoms with Crippen LogP contribution in [0, 0.1) is 11.7 Å². The van der Waals surface area contributed by atoms with Crippen LogP contribution in [0.15, 0.2) is 18.2 Å². The van der Waals surface area contributed by atoms with Gasteiger partial charge >= 0.3 is 0 Å². The van der Waals surface area contributed by atoms with Gasteiger partial charge in [0.15, 0.2) is 11.6 Å². The summed E-state index contributed by atoms with van der Waals surface area (Å²) in [5, 5.41) is 0. The van der Waals surface area contributed by atoms with E-state index >= 15 is 0 Å². The molecule has 0 radical (unpaired) electrons. The Hall–Kier alpha value is -1.09. The number of halogens is 1. The Morgan fingerprint density at radius 2 is 2.00 bits per heavy atom. The fraction of sp³-hybridized carbons (Fsp3) is 0.571. The minimum absolute atomic E-state index is 0.203. The fourth-order valence-electron chi connectivity index (χ4n) is 2.69. The first-order chi connectivity index (χ1) is 8.24. The molecule has 94 valence electrons. The normalized spacial score (nSPS) is 19.0. The fourth-order valence-corrected chi connectivity index (χ4v) is 2.69. The van der Waals surface area contributed by atoms with Crippen molar-refractivity contribution in [1.82, 2.24) is 0 Å². The van der Waals surface area contributed by atoms with Crippen molar-refractivity contribution in [3.8, 4) is 5.75 Å². The number of nitrogens with two attached hydrogens (primary N) is 1. The minimum atomic E-state index is -0.298. The zero-order chi connectivity index (χ0) is 12.3. The molecular formula is C14H20FNO. The van der Waals surface area contributed by atoms with Crippen molar-refractivity contribution in [2.75, 3.05) is 7.11 Å². The van der Waals surface area contributed by atoms with E-state index in [4.69, 9.17) is 10.5 Å². The predicted molar refractivity (Wildman–Crippen MR) is 66.5 cm³/mol. The zero-order valence-electron chi connectivity index (χ0n) is 10.3. The Labute approximate surface area is 102 Å². The van der Waals surface area contributed by atoms with Gasteiger partial charge in [0.1, 0.15) is 0 Å². The van der Waals surface area contributed by atoms with Gasteiger partial charge < -0.3 is 10.5 Å². The van der Waals surface area contributed by atoms with Crippen molar-refractivity contribution < 1.29 is 9.13 Å². The second-order valence-electron chi connectivity index (χ2n) is 4.79. The molecule has 17 heavy (non-hydrogen) atoms. The predicted octanol–water partition coefficient (Wildman–Crippen LogP) is 3.41. The van der Waals surface area contributed by atoms with Crippen molar-refractivity contribution >= 4 is 0 Å². The van der Waals surface area contributed by atoms with Gasteiger partial charge in [-0.15, -0.1) is 0 Å². The van der Waals surface area contributed by atoms with Crippen molar-refractivity contribution in [3.63, 3.8) is 0 Å². The highest BCUT2D eigenvalue weighted by molar-refractivity contribution is 5.33. The molecule has 0 spiro atoms. The summed E-state index contributed by atoms with van der Waals surface area (Å²) in [6, 6.07) is 5.01. The molecule has 1 aromatic carbocycles. The molecule has 1 fully saturated rings. The lowest BCUT2D eigenvalue weighted by molar-refractivity contribution is 0.300. The van der Waals surface area contributed by atoms with Crippen LogP contribution in [0.5, 0.6) is 5.75 Å². The maximum Gasteiger partial charge on any atom is 0.169 e. The number of hydrogen-bond donors (Lipinski definition) is 1. The molecule has 2 rings (SSSR count). The van der Waals surface area contributed by atoms with Crippen LogP contribution < -0.4 is 10.5 Å². The standard InChI is InChI=1S/C14H20FNO/c1-17-12-9-5-8-11(13(12)15)14(16)10-6-3-2-4-7-10/h5,8-10,14H,2-4,6-7,16H2,1H3/t14-/m1/s1. The van der Waals surface area contributed by atoms with Crippen LogP contribution in [0.25, 0.3) is 0 Å². The van der Waals surface area contributed by atoms with Crippen molar-refractivity contribution in [2.45, 2.75) is 38.1 Å². The Balaban J connectivity index is 2.20. The third-order valence-corrected chi connectivity index (χ3v) is 3.73. The highest BCUT2D eigenvalue weighted by Gasteiger charge is 2.25. The summed E-state index contributed by atoms with van der Waals surface area (Å²) in [4.78, 5) is 0. The third kappa shape index (κ3) is 2.60. The van der Waals surface area contributed by atoms with Gasteiger partial charge in [-0.3, -0.25) is 0 Å². The summed E-state index contributed by atoms with van der Waals surface area (Å²) < 4.78 is 19.1. The van der Waals surface area contributed by atoms with Gasteiger partial charge in [-0.05, 0) is 24.8 Å². The van der Waals surface area contributed by atoms with Gasteiger partial charge in [-0.1, -0.05) is 31.4 Å². The summed E-state index contributed by atoms with van der Waals surface area (Å²) >= 11 is 0. The van der Waals surface area contributed by atoms with E-state index in [0.717, 1.165) is 12.8 Å². The lowest BCUT2D eigenvalue weighted by Crippen LogP contribution is -2.24. The molecule has 0 amide bonds. The maximum absolute atomic E-state index is 14.1. The molecular weight excluding hydrogens is 217 g/mol. The van der Waals surface area contributed by atoms with Gasteiger partial charge in [-0.2, -0.15) is 0 Å². The number of rotatable bonds is 3. The zero-order valence-corrected chi connectivity index (χ0v) is 10.3. The van der Waals surface area contributed by atoms with E-state index in [9.17, 15) is 4.39 Å². The number of benzene rings is 1. The number of methoxy groups -OCH3 is 1. The topological polar surface area (TPSA) is 35.2 Å². The summed E-state index contributed by atoms with van der Waals surface area (Å²) in [5.74, 6) is 0.396. The minimum Gasteiger partial charge on any atom is -0.494 e. The van der Waals surface area contributed by atoms with Crippen LogP contribution in [0.2, 0.25) is 0 Å². The largest absolute Gasteiger partial charge is 0.494 e. The Kier molecular flexibility index (Phi) is 4.00. The summed E-state index contributed by atoms with van der Waals surface area (Å²) in [5.41, 5.74) is 6.79. The SMILES string of the molecule is COc1cccc([C@H](N)C2CCCCC2)c1F. The second kappa shape index (κ2) is 5.50. The van der Waals surface area contributed by atoms with E-state index in [1.54, 1.807) is 18.2 Å². The Morgan fingerprint density at radius 3 is 2.65 bits per heavy atom. The molecule has 3 heteroatoms. The first-order valence-electron chi connectivity index (χ1n) is 6.32. The number of hydrogen-bond acceptors (Lipinski definition) is 2. The van der Waals surface area contributed by atoms with Gasteiger partial charge in [0, 0.05) is 11.6 Å². The molecule has 1 atom stereocenters. The first kappa shape index (κ1) is 12.4. The lowest BCUT2D eigenvalue weighted by Gasteiger charge is -2.28. The molecule has 0 aliphatic heterocycles. The molecule has 1 aromatic rings. The third-order valence-electron chi connectivity index (χ3n) is 3.73. The smallest absolute Gasteiger partial charge is 0.169 e. The van der Waals surface area contributed by atoms with Gasteiger partial charge in [-0.25, -0.2) is 4.39 Å². The van der Waals surface area contributed by atoms with Crippen LogP contribution in [0.3, 0.4) is 0 Å². The van der Waals surface area contributed by atoms with Crippen LogP contribution >= 0.6 is 0 Å². The Bertz CT molecular complexity index is 374. The summed E-state index contributed by atoms with van der Waals surface area (Å²) in [6.45, 7) is 0. The van der Waals surface area contributed by atoms with Gasteiger partial charge in [0.05, 0.1) is 7.11 Å². The molecule has 0 aromatic heterocycles.